The average Bonchev–Trinajstić information content (AvgIpc) is 2.91. The van der Waals surface area contributed by atoms with Crippen molar-refractivity contribution in [1.29, 1.82) is 0 Å². The maximum Gasteiger partial charge on any atom is 0.207 e. The molecule has 0 aromatic heterocycles. The van der Waals surface area contributed by atoms with Crippen LogP contribution >= 0.6 is 0 Å². The molecule has 5 heteroatoms. The number of carbonyl (C=O) groups is 2. The Bertz CT molecular complexity index is 695. The predicted molar refractivity (Wildman–Crippen MR) is 169 cm³/mol. The van der Waals surface area contributed by atoms with Gasteiger partial charge in [0.2, 0.25) is 6.41 Å². The van der Waals surface area contributed by atoms with E-state index in [1.54, 1.807) is 19.9 Å². The Balaban J connectivity index is -0.000000407. The summed E-state index contributed by atoms with van der Waals surface area (Å²) >= 11 is 0. The minimum absolute atomic E-state index is 0.133. The van der Waals surface area contributed by atoms with Gasteiger partial charge in [-0.2, -0.15) is 0 Å². The van der Waals surface area contributed by atoms with Crippen molar-refractivity contribution in [2.45, 2.75) is 113 Å². The average molecular weight is 533 g/mol. The van der Waals surface area contributed by atoms with E-state index in [9.17, 15) is 9.59 Å². The zero-order chi connectivity index (χ0) is 30.2. The standard InChI is InChI=1S/C21H32N2O3.C4H8.C3H8.C3H6.C2H6/c1-5-17(2)13-22-14-19(23-16-25)8-6-7-18-9-11-20(12-10-18)26-21(3,4)15-24;1-3-4-2;2*1-3-2;1-2/h5,9-12,15-16,19,22H,6-8,13-14H2,1-4H3,(H,23,25);3H,1,4H2,2H3;3H2,1-2H3;3H,1H2,2H3;1-2H3/b17-5+;;;;. The van der Waals surface area contributed by atoms with Crippen LogP contribution in [0.4, 0.5) is 0 Å². The van der Waals surface area contributed by atoms with Gasteiger partial charge in [-0.25, -0.2) is 0 Å². The zero-order valence-corrected chi connectivity index (χ0v) is 26.4. The van der Waals surface area contributed by atoms with E-state index in [1.165, 1.54) is 17.6 Å². The molecule has 38 heavy (non-hydrogen) atoms. The van der Waals surface area contributed by atoms with Crippen LogP contribution in [0.1, 0.15) is 100 Å². The van der Waals surface area contributed by atoms with Crippen LogP contribution in [0.15, 0.2) is 61.2 Å². The summed E-state index contributed by atoms with van der Waals surface area (Å²) in [4.78, 5) is 21.7. The molecule has 1 unspecified atom stereocenters. The van der Waals surface area contributed by atoms with Crippen molar-refractivity contribution in [3.8, 4) is 5.75 Å². The van der Waals surface area contributed by atoms with E-state index in [0.29, 0.717) is 5.75 Å². The predicted octanol–water partition coefficient (Wildman–Crippen LogP) is 8.25. The second-order valence-corrected chi connectivity index (χ2v) is 8.92. The van der Waals surface area contributed by atoms with Crippen LogP contribution < -0.4 is 15.4 Å². The summed E-state index contributed by atoms with van der Waals surface area (Å²) in [6.07, 6.45) is 12.4. The highest BCUT2D eigenvalue weighted by Gasteiger charge is 2.17. The molecule has 1 amide bonds. The summed E-state index contributed by atoms with van der Waals surface area (Å²) in [5, 5.41) is 6.26. The van der Waals surface area contributed by atoms with Crippen molar-refractivity contribution in [3.05, 3.63) is 66.8 Å². The fraction of sp³-hybridized carbons (Fsp3) is 0.576. The molecule has 1 atom stereocenters. The number of aldehydes is 1. The highest BCUT2D eigenvalue weighted by atomic mass is 16.5. The Hall–Kier alpha value is -2.66. The maximum atomic E-state index is 10.9. The number of aryl methyl sites for hydroxylation is 1. The van der Waals surface area contributed by atoms with Crippen LogP contribution in [-0.2, 0) is 16.0 Å². The largest absolute Gasteiger partial charge is 0.480 e. The number of hydrogen-bond acceptors (Lipinski definition) is 4. The first-order valence-electron chi connectivity index (χ1n) is 14.1. The molecule has 0 aliphatic rings. The number of hydrogen-bond donors (Lipinski definition) is 2. The Morgan fingerprint density at radius 3 is 1.95 bits per heavy atom. The van der Waals surface area contributed by atoms with Gasteiger partial charge in [0, 0.05) is 19.1 Å². The molecule has 0 heterocycles. The van der Waals surface area contributed by atoms with Gasteiger partial charge < -0.3 is 15.4 Å². The summed E-state index contributed by atoms with van der Waals surface area (Å²) < 4.78 is 5.62. The van der Waals surface area contributed by atoms with Gasteiger partial charge in [0.15, 0.2) is 11.9 Å². The molecule has 5 nitrogen and oxygen atoms in total. The van der Waals surface area contributed by atoms with Crippen molar-refractivity contribution >= 4 is 12.7 Å². The maximum absolute atomic E-state index is 10.9. The van der Waals surface area contributed by atoms with E-state index in [0.717, 1.165) is 51.5 Å². The topological polar surface area (TPSA) is 67.4 Å². The van der Waals surface area contributed by atoms with Crippen molar-refractivity contribution in [3.63, 3.8) is 0 Å². The van der Waals surface area contributed by atoms with Gasteiger partial charge in [-0.05, 0) is 78.0 Å². The Kier molecular flexibility index (Phi) is 36.1. The molecule has 1 aromatic carbocycles. The molecule has 0 fully saturated rings. The number of nitrogens with one attached hydrogen (secondary N) is 2. The van der Waals surface area contributed by atoms with E-state index in [-0.39, 0.29) is 6.04 Å². The number of rotatable bonds is 14. The SMILES string of the molecule is C/C=C(\C)CNCC(CCCc1ccc(OC(C)(C)C=O)cc1)NC=O.C=CC.C=CCC.CC.CCC. The smallest absolute Gasteiger partial charge is 0.207 e. The normalized spacial score (nSPS) is 10.6. The lowest BCUT2D eigenvalue weighted by molar-refractivity contribution is -0.119. The Labute approximate surface area is 236 Å². The molecule has 0 radical (unpaired) electrons. The van der Waals surface area contributed by atoms with Gasteiger partial charge in [-0.3, -0.25) is 9.59 Å². The molecular weight excluding hydrogens is 472 g/mol. The van der Waals surface area contributed by atoms with E-state index < -0.39 is 5.60 Å². The summed E-state index contributed by atoms with van der Waals surface area (Å²) in [6, 6.07) is 7.96. The van der Waals surface area contributed by atoms with Gasteiger partial charge in [0.05, 0.1) is 0 Å². The van der Waals surface area contributed by atoms with E-state index in [2.05, 4.69) is 57.6 Å². The van der Waals surface area contributed by atoms with E-state index in [1.807, 2.05) is 58.0 Å². The van der Waals surface area contributed by atoms with Gasteiger partial charge in [0.1, 0.15) is 5.75 Å². The van der Waals surface area contributed by atoms with Crippen LogP contribution in [0.25, 0.3) is 0 Å². The Morgan fingerprint density at radius 2 is 1.55 bits per heavy atom. The summed E-state index contributed by atoms with van der Waals surface area (Å²) in [5.41, 5.74) is 1.69. The molecule has 0 bridgehead atoms. The fourth-order valence-electron chi connectivity index (χ4n) is 2.49. The van der Waals surface area contributed by atoms with Gasteiger partial charge >= 0.3 is 0 Å². The molecular formula is C33H60N2O3. The lowest BCUT2D eigenvalue weighted by Gasteiger charge is -2.20. The highest BCUT2D eigenvalue weighted by molar-refractivity contribution is 5.61. The van der Waals surface area contributed by atoms with Crippen molar-refractivity contribution < 1.29 is 14.3 Å². The second kappa shape index (κ2) is 32.4. The molecule has 0 aliphatic heterocycles. The van der Waals surface area contributed by atoms with Crippen LogP contribution in [0.3, 0.4) is 0 Å². The van der Waals surface area contributed by atoms with Crippen LogP contribution in [0.5, 0.6) is 5.75 Å². The molecule has 220 valence electrons. The number of ether oxygens (including phenoxy) is 1. The first kappa shape index (κ1) is 42.4. The molecule has 1 aromatic rings. The van der Waals surface area contributed by atoms with Gasteiger partial charge in [0.25, 0.3) is 0 Å². The van der Waals surface area contributed by atoms with Gasteiger partial charge in [-0.1, -0.05) is 77.0 Å². The van der Waals surface area contributed by atoms with Crippen molar-refractivity contribution in [2.24, 2.45) is 0 Å². The molecule has 1 rings (SSSR count). The quantitative estimate of drug-likeness (QED) is 0.187. The molecule has 0 spiro atoms. The number of carbonyl (C=O) groups excluding carboxylic acids is 2. The third-order valence-electron chi connectivity index (χ3n) is 4.49. The zero-order valence-electron chi connectivity index (χ0n) is 26.4. The Morgan fingerprint density at radius 1 is 1.05 bits per heavy atom. The number of amides is 1. The van der Waals surface area contributed by atoms with Crippen LogP contribution in [0.2, 0.25) is 0 Å². The summed E-state index contributed by atoms with van der Waals surface area (Å²) in [6.45, 7) is 28.2. The van der Waals surface area contributed by atoms with Crippen molar-refractivity contribution in [2.75, 3.05) is 13.1 Å². The summed E-state index contributed by atoms with van der Waals surface area (Å²) in [7, 11) is 0. The fourth-order valence-corrected chi connectivity index (χ4v) is 2.49. The third-order valence-corrected chi connectivity index (χ3v) is 4.49. The van der Waals surface area contributed by atoms with E-state index >= 15 is 0 Å². The molecule has 0 saturated heterocycles. The minimum Gasteiger partial charge on any atom is -0.480 e. The molecule has 2 N–H and O–H groups in total. The number of allylic oxidation sites excluding steroid dienone is 3. The van der Waals surface area contributed by atoms with E-state index in [4.69, 9.17) is 4.74 Å². The molecule has 0 saturated carbocycles. The first-order chi connectivity index (χ1) is 18.1. The first-order valence-corrected chi connectivity index (χ1v) is 14.1. The lowest BCUT2D eigenvalue weighted by Crippen LogP contribution is -2.38. The lowest BCUT2D eigenvalue weighted by atomic mass is 10.0. The minimum atomic E-state index is -0.812. The third kappa shape index (κ3) is 31.4. The second-order valence-electron chi connectivity index (χ2n) is 8.92. The van der Waals surface area contributed by atoms with Crippen molar-refractivity contribution in [1.82, 2.24) is 10.6 Å². The summed E-state index contributed by atoms with van der Waals surface area (Å²) in [5.74, 6) is 0.690. The highest BCUT2D eigenvalue weighted by Crippen LogP contribution is 2.18. The number of benzene rings is 1. The molecule has 0 aliphatic carbocycles. The monoisotopic (exact) mass is 532 g/mol. The van der Waals surface area contributed by atoms with Crippen LogP contribution in [0, 0.1) is 0 Å². The van der Waals surface area contributed by atoms with Gasteiger partial charge in [-0.15, -0.1) is 13.2 Å². The van der Waals surface area contributed by atoms with Crippen LogP contribution in [-0.4, -0.2) is 37.4 Å².